The molecule has 1 atom stereocenters. The van der Waals surface area contributed by atoms with Crippen LogP contribution in [0.1, 0.15) is 51.8 Å². The van der Waals surface area contributed by atoms with Crippen LogP contribution in [0.25, 0.3) is 0 Å². The Labute approximate surface area is 118 Å². The van der Waals surface area contributed by atoms with E-state index in [1.165, 1.54) is 18.0 Å². The maximum atomic E-state index is 12.3. The molecule has 2 rings (SSSR count). The average Bonchev–Trinajstić information content (AvgIpc) is 2.87. The third-order valence-electron chi connectivity index (χ3n) is 3.34. The van der Waals surface area contributed by atoms with Crippen LogP contribution < -0.4 is 5.32 Å². The van der Waals surface area contributed by atoms with Gasteiger partial charge in [-0.2, -0.15) is 4.37 Å². The van der Waals surface area contributed by atoms with E-state index in [0.29, 0.717) is 5.92 Å². The van der Waals surface area contributed by atoms with Crippen LogP contribution >= 0.6 is 11.5 Å². The summed E-state index contributed by atoms with van der Waals surface area (Å²) >= 11 is 1.33. The molecule has 1 aliphatic rings. The SMILES string of the molecule is CC(Nc1nc(C(C)C)ns1)C(=O)N1CCCCC1. The molecule has 0 aliphatic carbocycles. The fourth-order valence-corrected chi connectivity index (χ4v) is 2.96. The summed E-state index contributed by atoms with van der Waals surface area (Å²) in [6.45, 7) is 7.80. The number of rotatable bonds is 4. The van der Waals surface area contributed by atoms with Crippen LogP contribution in [0.2, 0.25) is 0 Å². The van der Waals surface area contributed by atoms with Crippen molar-refractivity contribution in [1.82, 2.24) is 14.3 Å². The van der Waals surface area contributed by atoms with Crippen LogP contribution in [0.15, 0.2) is 0 Å². The highest BCUT2D eigenvalue weighted by Crippen LogP contribution is 2.19. The van der Waals surface area contributed by atoms with Crippen molar-refractivity contribution in [3.05, 3.63) is 5.82 Å². The molecule has 1 amide bonds. The molecule has 0 spiro atoms. The van der Waals surface area contributed by atoms with E-state index in [1.807, 2.05) is 11.8 Å². The van der Waals surface area contributed by atoms with E-state index in [4.69, 9.17) is 0 Å². The van der Waals surface area contributed by atoms with Gasteiger partial charge < -0.3 is 10.2 Å². The molecule has 1 unspecified atom stereocenters. The molecule has 1 saturated heterocycles. The molecule has 1 aromatic heterocycles. The van der Waals surface area contributed by atoms with Crippen LogP contribution in [0.5, 0.6) is 0 Å². The molecule has 5 nitrogen and oxygen atoms in total. The standard InChI is InChI=1S/C13H22N4OS/c1-9(2)11-15-13(19-16-11)14-10(3)12(18)17-7-5-4-6-8-17/h9-10H,4-8H2,1-3H3,(H,14,15,16). The zero-order valence-electron chi connectivity index (χ0n) is 11.8. The molecule has 0 radical (unpaired) electrons. The third kappa shape index (κ3) is 3.65. The van der Waals surface area contributed by atoms with Gasteiger partial charge in [0.15, 0.2) is 0 Å². The third-order valence-corrected chi connectivity index (χ3v) is 4.00. The Morgan fingerprint density at radius 1 is 1.26 bits per heavy atom. The molecule has 19 heavy (non-hydrogen) atoms. The lowest BCUT2D eigenvalue weighted by atomic mass is 10.1. The highest BCUT2D eigenvalue weighted by atomic mass is 32.1. The van der Waals surface area contributed by atoms with Crippen molar-refractivity contribution >= 4 is 22.6 Å². The summed E-state index contributed by atoms with van der Waals surface area (Å²) in [7, 11) is 0. The minimum atomic E-state index is -0.230. The van der Waals surface area contributed by atoms with Crippen molar-refractivity contribution in [2.24, 2.45) is 0 Å². The molecule has 1 aromatic rings. The molecule has 0 saturated carbocycles. The number of anilines is 1. The molecule has 1 aliphatic heterocycles. The molecule has 1 N–H and O–H groups in total. The lowest BCUT2D eigenvalue weighted by Gasteiger charge is -2.29. The second kappa shape index (κ2) is 6.32. The molecular formula is C13H22N4OS. The fourth-order valence-electron chi connectivity index (χ4n) is 2.16. The summed E-state index contributed by atoms with van der Waals surface area (Å²) in [4.78, 5) is 18.6. The Balaban J connectivity index is 1.91. The Kier molecular flexibility index (Phi) is 4.74. The van der Waals surface area contributed by atoms with Gasteiger partial charge in [-0.15, -0.1) is 0 Å². The first kappa shape index (κ1) is 14.2. The lowest BCUT2D eigenvalue weighted by Crippen LogP contribution is -2.43. The number of hydrogen-bond acceptors (Lipinski definition) is 5. The smallest absolute Gasteiger partial charge is 0.244 e. The van der Waals surface area contributed by atoms with Gasteiger partial charge in [0.25, 0.3) is 0 Å². The minimum Gasteiger partial charge on any atom is -0.349 e. The van der Waals surface area contributed by atoms with E-state index in [0.717, 1.165) is 36.9 Å². The van der Waals surface area contributed by atoms with Crippen molar-refractivity contribution in [2.45, 2.75) is 52.0 Å². The Bertz CT molecular complexity index is 426. The van der Waals surface area contributed by atoms with Crippen molar-refractivity contribution in [1.29, 1.82) is 0 Å². The first-order valence-electron chi connectivity index (χ1n) is 6.97. The van der Waals surface area contributed by atoms with Gasteiger partial charge in [-0.05, 0) is 26.2 Å². The summed E-state index contributed by atoms with van der Waals surface area (Å²) < 4.78 is 4.28. The van der Waals surface area contributed by atoms with Crippen LogP contribution in [-0.2, 0) is 4.79 Å². The van der Waals surface area contributed by atoms with Crippen molar-refractivity contribution in [2.75, 3.05) is 18.4 Å². The quantitative estimate of drug-likeness (QED) is 0.921. The van der Waals surface area contributed by atoms with Crippen molar-refractivity contribution in [3.8, 4) is 0 Å². The van der Waals surface area contributed by atoms with Gasteiger partial charge in [0.1, 0.15) is 11.9 Å². The zero-order valence-corrected chi connectivity index (χ0v) is 12.7. The highest BCUT2D eigenvalue weighted by Gasteiger charge is 2.22. The number of nitrogens with one attached hydrogen (secondary N) is 1. The second-order valence-electron chi connectivity index (χ2n) is 5.36. The van der Waals surface area contributed by atoms with Crippen LogP contribution in [0.4, 0.5) is 5.13 Å². The predicted molar refractivity (Wildman–Crippen MR) is 77.5 cm³/mol. The van der Waals surface area contributed by atoms with Gasteiger partial charge in [0, 0.05) is 30.5 Å². The van der Waals surface area contributed by atoms with Gasteiger partial charge >= 0.3 is 0 Å². The van der Waals surface area contributed by atoms with Crippen LogP contribution in [0, 0.1) is 0 Å². The lowest BCUT2D eigenvalue weighted by molar-refractivity contribution is -0.132. The summed E-state index contributed by atoms with van der Waals surface area (Å²) in [5, 5.41) is 3.91. The number of likely N-dealkylation sites (tertiary alicyclic amines) is 1. The summed E-state index contributed by atoms with van der Waals surface area (Å²) in [6.07, 6.45) is 3.48. The molecule has 106 valence electrons. The predicted octanol–water partition coefficient (Wildman–Crippen LogP) is 2.47. The second-order valence-corrected chi connectivity index (χ2v) is 6.12. The zero-order chi connectivity index (χ0) is 13.8. The average molecular weight is 282 g/mol. The van der Waals surface area contributed by atoms with Crippen LogP contribution in [-0.4, -0.2) is 39.3 Å². The van der Waals surface area contributed by atoms with E-state index in [9.17, 15) is 4.79 Å². The number of aromatic nitrogens is 2. The first-order valence-corrected chi connectivity index (χ1v) is 7.74. The highest BCUT2D eigenvalue weighted by molar-refractivity contribution is 7.09. The summed E-state index contributed by atoms with van der Waals surface area (Å²) in [5.41, 5.74) is 0. The van der Waals surface area contributed by atoms with Gasteiger partial charge in [0.2, 0.25) is 11.0 Å². The van der Waals surface area contributed by atoms with Crippen molar-refractivity contribution in [3.63, 3.8) is 0 Å². The van der Waals surface area contributed by atoms with Gasteiger partial charge in [-0.25, -0.2) is 4.98 Å². The molecule has 2 heterocycles. The van der Waals surface area contributed by atoms with E-state index < -0.39 is 0 Å². The molecule has 1 fully saturated rings. The topological polar surface area (TPSA) is 58.1 Å². The maximum absolute atomic E-state index is 12.3. The monoisotopic (exact) mass is 282 g/mol. The number of carbonyl (C=O) groups excluding carboxylic acids is 1. The van der Waals surface area contributed by atoms with Crippen LogP contribution in [0.3, 0.4) is 0 Å². The van der Waals surface area contributed by atoms with E-state index in [1.54, 1.807) is 0 Å². The van der Waals surface area contributed by atoms with Gasteiger partial charge in [0.05, 0.1) is 0 Å². The van der Waals surface area contributed by atoms with Gasteiger partial charge in [-0.3, -0.25) is 4.79 Å². The number of amides is 1. The van der Waals surface area contributed by atoms with E-state index in [-0.39, 0.29) is 11.9 Å². The molecular weight excluding hydrogens is 260 g/mol. The van der Waals surface area contributed by atoms with E-state index >= 15 is 0 Å². The fraction of sp³-hybridized carbons (Fsp3) is 0.769. The maximum Gasteiger partial charge on any atom is 0.244 e. The minimum absolute atomic E-state index is 0.168. The number of carbonyl (C=O) groups is 1. The summed E-state index contributed by atoms with van der Waals surface area (Å²) in [6, 6.07) is -0.230. The Morgan fingerprint density at radius 2 is 1.95 bits per heavy atom. The molecule has 6 heteroatoms. The number of piperidine rings is 1. The molecule has 0 aromatic carbocycles. The normalized spacial score (nSPS) is 17.6. The Hall–Kier alpha value is -1.17. The number of hydrogen-bond donors (Lipinski definition) is 1. The largest absolute Gasteiger partial charge is 0.349 e. The van der Waals surface area contributed by atoms with Crippen molar-refractivity contribution < 1.29 is 4.79 Å². The Morgan fingerprint density at radius 3 is 2.53 bits per heavy atom. The number of nitrogens with zero attached hydrogens (tertiary/aromatic N) is 3. The van der Waals surface area contributed by atoms with Gasteiger partial charge in [-0.1, -0.05) is 13.8 Å². The summed E-state index contributed by atoms with van der Waals surface area (Å²) in [5.74, 6) is 1.33. The molecule has 0 bridgehead atoms. The first-order chi connectivity index (χ1) is 9.08. The van der Waals surface area contributed by atoms with E-state index in [2.05, 4.69) is 28.5 Å².